The number of aryl methyl sites for hydroxylation is 1. The molecule has 0 radical (unpaired) electrons. The summed E-state index contributed by atoms with van der Waals surface area (Å²) in [7, 11) is 0. The van der Waals surface area contributed by atoms with Gasteiger partial charge in [-0.05, 0) is 25.0 Å². The third kappa shape index (κ3) is 10.2. The zero-order chi connectivity index (χ0) is 31.0. The number of H-pyrrole nitrogens is 1. The largest absolute Gasteiger partial charge is 0.383 e. The first-order chi connectivity index (χ1) is 21.5. The molecule has 15 nitrogen and oxygen atoms in total. The lowest BCUT2D eigenvalue weighted by atomic mass is 10.1. The van der Waals surface area contributed by atoms with Gasteiger partial charge in [0.1, 0.15) is 23.5 Å². The van der Waals surface area contributed by atoms with Crippen LogP contribution in [0.1, 0.15) is 26.2 Å². The Morgan fingerprint density at radius 2 is 1.64 bits per heavy atom. The molecule has 4 heterocycles. The van der Waals surface area contributed by atoms with E-state index in [1.807, 2.05) is 23.0 Å². The average molecular weight is 612 g/mol. The Morgan fingerprint density at radius 1 is 0.909 bits per heavy atom. The highest BCUT2D eigenvalue weighted by Crippen LogP contribution is 2.31. The fourth-order valence-electron chi connectivity index (χ4n) is 4.39. The third-order valence-electron chi connectivity index (χ3n) is 6.56. The van der Waals surface area contributed by atoms with E-state index in [0.717, 1.165) is 29.4 Å². The van der Waals surface area contributed by atoms with Crippen LogP contribution in [0, 0.1) is 0 Å². The molecule has 2 amide bonds. The van der Waals surface area contributed by atoms with E-state index in [-0.39, 0.29) is 18.2 Å². The fraction of sp³-hybridized carbons (Fsp3) is 0.517. The van der Waals surface area contributed by atoms with Crippen LogP contribution in [0.25, 0.3) is 33.3 Å². The van der Waals surface area contributed by atoms with Gasteiger partial charge in [0.15, 0.2) is 5.65 Å². The second-order valence-electron chi connectivity index (χ2n) is 9.91. The number of nitrogens with two attached hydrogens (primary N) is 1. The number of fused-ring (bicyclic) bond motifs is 2. The van der Waals surface area contributed by atoms with Crippen molar-refractivity contribution in [2.75, 3.05) is 71.7 Å². The minimum Gasteiger partial charge on any atom is -0.383 e. The van der Waals surface area contributed by atoms with Gasteiger partial charge >= 0.3 is 0 Å². The Balaban J connectivity index is 1.04. The molecule has 0 aliphatic rings. The lowest BCUT2D eigenvalue weighted by Crippen LogP contribution is -2.26. The van der Waals surface area contributed by atoms with E-state index in [1.54, 1.807) is 6.20 Å². The number of unbranched alkanes of at least 4 members (excludes halogenated alkanes) is 1. The number of carbonyl (C=O) groups excluding carboxylic acids is 2. The van der Waals surface area contributed by atoms with Gasteiger partial charge in [-0.3, -0.25) is 9.59 Å². The Kier molecular flexibility index (Phi) is 13.3. The van der Waals surface area contributed by atoms with Crippen molar-refractivity contribution in [2.45, 2.75) is 32.7 Å². The molecule has 0 aliphatic heterocycles. The predicted octanol–water partition coefficient (Wildman–Crippen LogP) is 1.44. The van der Waals surface area contributed by atoms with Crippen molar-refractivity contribution in [1.82, 2.24) is 40.3 Å². The van der Waals surface area contributed by atoms with E-state index in [1.165, 1.54) is 13.3 Å². The number of amides is 2. The van der Waals surface area contributed by atoms with Crippen LogP contribution in [0.3, 0.4) is 0 Å². The second-order valence-corrected chi connectivity index (χ2v) is 9.91. The number of hydrogen-bond donors (Lipinski definition) is 4. The summed E-state index contributed by atoms with van der Waals surface area (Å²) in [6, 6.07) is 3.97. The smallest absolute Gasteiger partial charge is 0.222 e. The summed E-state index contributed by atoms with van der Waals surface area (Å²) in [5, 5.41) is 12.1. The molecule has 238 valence electrons. The topological polar surface area (TPSA) is 193 Å². The van der Waals surface area contributed by atoms with E-state index < -0.39 is 0 Å². The van der Waals surface area contributed by atoms with Crippen LogP contribution < -0.4 is 16.4 Å². The van der Waals surface area contributed by atoms with Crippen molar-refractivity contribution < 1.29 is 28.5 Å². The van der Waals surface area contributed by atoms with Gasteiger partial charge in [-0.15, -0.1) is 0 Å². The first-order valence-corrected chi connectivity index (χ1v) is 14.8. The maximum atomic E-state index is 12.1. The molecule has 4 aromatic rings. The maximum absolute atomic E-state index is 12.1. The van der Waals surface area contributed by atoms with Gasteiger partial charge in [-0.25, -0.2) is 19.6 Å². The highest BCUT2D eigenvalue weighted by atomic mass is 16.6. The molecule has 5 N–H and O–H groups in total. The van der Waals surface area contributed by atoms with Crippen molar-refractivity contribution in [2.24, 2.45) is 0 Å². The highest BCUT2D eigenvalue weighted by Gasteiger charge is 2.17. The average Bonchev–Trinajstić information content (AvgIpc) is 3.64. The van der Waals surface area contributed by atoms with Gasteiger partial charge in [0, 0.05) is 56.3 Å². The monoisotopic (exact) mass is 611 g/mol. The molecule has 0 aromatic carbocycles. The molecule has 0 saturated carbocycles. The number of carbonyl (C=O) groups is 2. The number of nitrogens with one attached hydrogen (secondary N) is 3. The number of aromatic amines is 1. The quantitative estimate of drug-likeness (QED) is 0.0996. The van der Waals surface area contributed by atoms with Crippen molar-refractivity contribution in [3.8, 4) is 11.3 Å². The molecule has 0 bridgehead atoms. The highest BCUT2D eigenvalue weighted by molar-refractivity contribution is 5.99. The summed E-state index contributed by atoms with van der Waals surface area (Å²) in [6.07, 6.45) is 6.90. The third-order valence-corrected chi connectivity index (χ3v) is 6.56. The molecule has 44 heavy (non-hydrogen) atoms. The van der Waals surface area contributed by atoms with E-state index in [4.69, 9.17) is 29.8 Å². The van der Waals surface area contributed by atoms with E-state index in [2.05, 4.69) is 30.6 Å². The molecular formula is C29H41N9O6. The molecule has 0 aliphatic carbocycles. The Morgan fingerprint density at radius 3 is 2.39 bits per heavy atom. The number of nitrogen functional groups attached to an aromatic ring is 1. The van der Waals surface area contributed by atoms with Crippen LogP contribution in [-0.2, 0) is 35.1 Å². The summed E-state index contributed by atoms with van der Waals surface area (Å²) in [5.41, 5.74) is 9.22. The number of rotatable bonds is 21. The van der Waals surface area contributed by atoms with Crippen LogP contribution in [-0.4, -0.2) is 107 Å². The summed E-state index contributed by atoms with van der Waals surface area (Å²) >= 11 is 0. The number of anilines is 1. The first kappa shape index (κ1) is 32.7. The summed E-state index contributed by atoms with van der Waals surface area (Å²) in [5.74, 6) is 0.241. The van der Waals surface area contributed by atoms with Crippen LogP contribution >= 0.6 is 0 Å². The van der Waals surface area contributed by atoms with Crippen molar-refractivity contribution in [3.63, 3.8) is 0 Å². The van der Waals surface area contributed by atoms with Crippen LogP contribution in [0.5, 0.6) is 0 Å². The molecule has 4 aromatic heterocycles. The molecule has 0 atom stereocenters. The Bertz CT molecular complexity index is 1470. The molecule has 4 rings (SSSR count). The van der Waals surface area contributed by atoms with Crippen LogP contribution in [0.4, 0.5) is 5.82 Å². The fourth-order valence-corrected chi connectivity index (χ4v) is 4.39. The Hall–Kier alpha value is -4.18. The molecule has 0 spiro atoms. The molecule has 15 heteroatoms. The summed E-state index contributed by atoms with van der Waals surface area (Å²) < 4.78 is 23.5. The van der Waals surface area contributed by atoms with Crippen molar-refractivity contribution in [1.29, 1.82) is 0 Å². The molecule has 0 saturated heterocycles. The maximum Gasteiger partial charge on any atom is 0.222 e. The number of aromatic nitrogens is 6. The molecule has 0 fully saturated rings. The lowest BCUT2D eigenvalue weighted by molar-refractivity contribution is -0.122. The van der Waals surface area contributed by atoms with Gasteiger partial charge in [0.25, 0.3) is 0 Å². The van der Waals surface area contributed by atoms with Crippen molar-refractivity contribution >= 4 is 39.7 Å². The summed E-state index contributed by atoms with van der Waals surface area (Å²) in [4.78, 5) is 39.0. The number of ether oxygens (including phenoxy) is 4. The van der Waals surface area contributed by atoms with Gasteiger partial charge in [0.2, 0.25) is 11.8 Å². The van der Waals surface area contributed by atoms with Gasteiger partial charge in [0.05, 0.1) is 58.2 Å². The van der Waals surface area contributed by atoms with Crippen molar-refractivity contribution in [3.05, 3.63) is 30.9 Å². The zero-order valence-electron chi connectivity index (χ0n) is 25.0. The van der Waals surface area contributed by atoms with E-state index >= 15 is 0 Å². The number of hydrogen-bond acceptors (Lipinski definition) is 11. The first-order valence-electron chi connectivity index (χ1n) is 14.8. The van der Waals surface area contributed by atoms with Gasteiger partial charge in [-0.2, -0.15) is 5.10 Å². The minimum absolute atomic E-state index is 0.0569. The number of nitrogens with zero attached hydrogens (tertiary/aromatic N) is 5. The van der Waals surface area contributed by atoms with Gasteiger partial charge < -0.3 is 40.3 Å². The SMILES string of the molecule is CC(=O)NCCOCCOCCOCCOCCC(=O)NCCCCn1nc(-c2cnc3[nH]ccc3c2)c2c(N)ncnc21. The van der Waals surface area contributed by atoms with E-state index in [9.17, 15) is 9.59 Å². The molecular weight excluding hydrogens is 570 g/mol. The predicted molar refractivity (Wildman–Crippen MR) is 164 cm³/mol. The normalized spacial score (nSPS) is 11.4. The van der Waals surface area contributed by atoms with E-state index in [0.29, 0.717) is 95.0 Å². The molecule has 0 unspecified atom stereocenters. The van der Waals surface area contributed by atoms with Crippen LogP contribution in [0.2, 0.25) is 0 Å². The van der Waals surface area contributed by atoms with Gasteiger partial charge in [-0.1, -0.05) is 0 Å². The zero-order valence-corrected chi connectivity index (χ0v) is 25.0. The number of pyridine rings is 1. The second kappa shape index (κ2) is 17.8. The van der Waals surface area contributed by atoms with Crippen LogP contribution in [0.15, 0.2) is 30.9 Å². The lowest BCUT2D eigenvalue weighted by Gasteiger charge is -2.08. The minimum atomic E-state index is -0.0729. The Labute approximate surface area is 255 Å². The standard InChI is InChI=1S/C29H41N9O6/c1-21(39)31-8-11-42-13-15-44-17-16-43-14-12-41-10-5-24(40)32-6-2-3-9-38-29-25(27(30)35-20-36-29)26(37-38)23-18-22-4-7-33-28(22)34-19-23/h4,7,18-20H,2-3,5-6,8-17H2,1H3,(H,31,39)(H,32,40)(H,33,34)(H2,30,35,36). The summed E-state index contributed by atoms with van der Waals surface area (Å²) in [6.45, 7) is 6.58.